The molecule has 84 valence electrons. The Morgan fingerprint density at radius 1 is 1.56 bits per heavy atom. The smallest absolute Gasteiger partial charge is 0.306 e. The van der Waals surface area contributed by atoms with Crippen LogP contribution in [0.1, 0.15) is 18.2 Å². The first kappa shape index (κ1) is 11.1. The zero-order valence-corrected chi connectivity index (χ0v) is 10.0. The van der Waals surface area contributed by atoms with Gasteiger partial charge in [0.1, 0.15) is 0 Å². The lowest BCUT2D eigenvalue weighted by Gasteiger charge is -2.06. The van der Waals surface area contributed by atoms with E-state index in [0.717, 1.165) is 21.3 Å². The molecule has 0 aliphatic carbocycles. The third-order valence-corrected chi connectivity index (χ3v) is 3.74. The Labute approximate surface area is 97.9 Å². The maximum absolute atomic E-state index is 10.8. The van der Waals surface area contributed by atoms with Crippen LogP contribution in [-0.2, 0) is 11.2 Å². The van der Waals surface area contributed by atoms with Gasteiger partial charge in [-0.1, -0.05) is 25.1 Å². The van der Waals surface area contributed by atoms with Gasteiger partial charge in [-0.15, -0.1) is 0 Å². The highest BCUT2D eigenvalue weighted by Gasteiger charge is 2.14. The van der Waals surface area contributed by atoms with E-state index in [1.807, 2.05) is 25.1 Å². The van der Waals surface area contributed by atoms with Crippen LogP contribution in [0.3, 0.4) is 0 Å². The number of hydrogen-bond donors (Lipinski definition) is 1. The van der Waals surface area contributed by atoms with Gasteiger partial charge in [0.25, 0.3) is 0 Å². The van der Waals surface area contributed by atoms with Crippen molar-refractivity contribution < 1.29 is 9.90 Å². The van der Waals surface area contributed by atoms with Crippen LogP contribution in [0.5, 0.6) is 0 Å². The summed E-state index contributed by atoms with van der Waals surface area (Å²) in [5.41, 5.74) is 2.10. The van der Waals surface area contributed by atoms with Crippen LogP contribution >= 0.6 is 11.5 Å². The fraction of sp³-hybridized carbons (Fsp3) is 0.333. The van der Waals surface area contributed by atoms with Crippen molar-refractivity contribution >= 4 is 27.6 Å². The highest BCUT2D eigenvalue weighted by Crippen LogP contribution is 2.27. The molecule has 16 heavy (non-hydrogen) atoms. The van der Waals surface area contributed by atoms with Crippen molar-refractivity contribution in [2.45, 2.75) is 20.3 Å². The molecule has 3 nitrogen and oxygen atoms in total. The van der Waals surface area contributed by atoms with Crippen LogP contribution in [-0.4, -0.2) is 15.4 Å². The molecule has 0 fully saturated rings. The Kier molecular flexibility index (Phi) is 2.92. The van der Waals surface area contributed by atoms with Gasteiger partial charge in [0.05, 0.1) is 16.3 Å². The van der Waals surface area contributed by atoms with Gasteiger partial charge in [-0.05, 0) is 30.4 Å². The number of aliphatic carboxylic acids is 1. The standard InChI is InChI=1S/C12H13NO2S/c1-7(12(14)15)6-9-4-3-5-10-8(2)13-16-11(9)10/h3-5,7H,6H2,1-2H3,(H,14,15). The van der Waals surface area contributed by atoms with Gasteiger partial charge in [-0.25, -0.2) is 0 Å². The second-order valence-electron chi connectivity index (χ2n) is 4.01. The van der Waals surface area contributed by atoms with E-state index in [1.54, 1.807) is 6.92 Å². The SMILES string of the molecule is Cc1nsc2c(CC(C)C(=O)O)cccc12. The number of fused-ring (bicyclic) bond motifs is 1. The average molecular weight is 235 g/mol. The predicted octanol–water partition coefficient (Wildman–Crippen LogP) is 2.87. The summed E-state index contributed by atoms with van der Waals surface area (Å²) in [6.45, 7) is 3.71. The Hall–Kier alpha value is -1.42. The molecule has 0 amide bonds. The summed E-state index contributed by atoms with van der Waals surface area (Å²) in [4.78, 5) is 10.8. The Balaban J connectivity index is 2.41. The molecular formula is C12H13NO2S. The normalized spacial score (nSPS) is 12.9. The number of carboxylic acid groups (broad SMARTS) is 1. The highest BCUT2D eigenvalue weighted by atomic mass is 32.1. The number of nitrogens with zero attached hydrogens (tertiary/aromatic N) is 1. The molecule has 1 aromatic heterocycles. The van der Waals surface area contributed by atoms with E-state index in [4.69, 9.17) is 5.11 Å². The van der Waals surface area contributed by atoms with Gasteiger partial charge in [0, 0.05) is 5.39 Å². The number of aromatic nitrogens is 1. The maximum atomic E-state index is 10.8. The van der Waals surface area contributed by atoms with Gasteiger partial charge < -0.3 is 5.11 Å². The Morgan fingerprint density at radius 3 is 3.00 bits per heavy atom. The molecule has 0 radical (unpaired) electrons. The van der Waals surface area contributed by atoms with Crippen LogP contribution in [0, 0.1) is 12.8 Å². The van der Waals surface area contributed by atoms with Crippen molar-refractivity contribution in [3.05, 3.63) is 29.5 Å². The maximum Gasteiger partial charge on any atom is 0.306 e. The quantitative estimate of drug-likeness (QED) is 0.890. The first-order valence-corrected chi connectivity index (χ1v) is 5.93. The molecule has 1 heterocycles. The minimum absolute atomic E-state index is 0.354. The van der Waals surface area contributed by atoms with E-state index in [1.165, 1.54) is 11.5 Å². The van der Waals surface area contributed by atoms with E-state index in [9.17, 15) is 4.79 Å². The molecule has 0 bridgehead atoms. The molecule has 0 saturated carbocycles. The van der Waals surface area contributed by atoms with Crippen molar-refractivity contribution in [2.75, 3.05) is 0 Å². The van der Waals surface area contributed by atoms with Gasteiger partial charge in [-0.2, -0.15) is 4.37 Å². The molecule has 2 rings (SSSR count). The van der Waals surface area contributed by atoms with Crippen LogP contribution in [0.15, 0.2) is 18.2 Å². The summed E-state index contributed by atoms with van der Waals surface area (Å²) in [5, 5.41) is 10.0. The monoisotopic (exact) mass is 235 g/mol. The lowest BCUT2D eigenvalue weighted by atomic mass is 10.00. The van der Waals surface area contributed by atoms with Gasteiger partial charge in [0.15, 0.2) is 0 Å². The van der Waals surface area contributed by atoms with Gasteiger partial charge in [-0.3, -0.25) is 4.79 Å². The molecule has 1 unspecified atom stereocenters. The minimum Gasteiger partial charge on any atom is -0.481 e. The second-order valence-corrected chi connectivity index (χ2v) is 4.78. The molecule has 2 aromatic rings. The first-order valence-electron chi connectivity index (χ1n) is 5.16. The van der Waals surface area contributed by atoms with Crippen molar-refractivity contribution in [3.8, 4) is 0 Å². The summed E-state index contributed by atoms with van der Waals surface area (Å²) in [6.07, 6.45) is 0.564. The number of carbonyl (C=O) groups is 1. The third kappa shape index (κ3) is 1.93. The number of hydrogen-bond acceptors (Lipinski definition) is 3. The molecule has 1 N–H and O–H groups in total. The fourth-order valence-electron chi connectivity index (χ4n) is 1.72. The van der Waals surface area contributed by atoms with Gasteiger partial charge in [0.2, 0.25) is 0 Å². The minimum atomic E-state index is -0.752. The summed E-state index contributed by atoms with van der Waals surface area (Å²) < 4.78 is 5.42. The molecule has 0 aliphatic heterocycles. The second kappa shape index (κ2) is 4.22. The highest BCUT2D eigenvalue weighted by molar-refractivity contribution is 7.13. The zero-order chi connectivity index (χ0) is 11.7. The number of carboxylic acids is 1. The summed E-state index contributed by atoms with van der Waals surface area (Å²) in [5.74, 6) is -1.11. The summed E-state index contributed by atoms with van der Waals surface area (Å²) in [7, 11) is 0. The lowest BCUT2D eigenvalue weighted by Crippen LogP contribution is -2.12. The molecule has 1 atom stereocenters. The zero-order valence-electron chi connectivity index (χ0n) is 9.23. The molecule has 4 heteroatoms. The van der Waals surface area contributed by atoms with Crippen LogP contribution in [0.2, 0.25) is 0 Å². The fourth-order valence-corrected chi connectivity index (χ4v) is 2.63. The Morgan fingerprint density at radius 2 is 2.31 bits per heavy atom. The number of aryl methyl sites for hydroxylation is 1. The van der Waals surface area contributed by atoms with Crippen molar-refractivity contribution in [3.63, 3.8) is 0 Å². The summed E-state index contributed by atoms with van der Waals surface area (Å²) in [6, 6.07) is 5.98. The van der Waals surface area contributed by atoms with E-state index in [-0.39, 0.29) is 5.92 Å². The molecular weight excluding hydrogens is 222 g/mol. The lowest BCUT2D eigenvalue weighted by molar-refractivity contribution is -0.141. The third-order valence-electron chi connectivity index (χ3n) is 2.71. The molecule has 0 spiro atoms. The van der Waals surface area contributed by atoms with E-state index >= 15 is 0 Å². The van der Waals surface area contributed by atoms with Crippen molar-refractivity contribution in [1.82, 2.24) is 4.37 Å². The number of rotatable bonds is 3. The molecule has 0 aliphatic rings. The van der Waals surface area contributed by atoms with Crippen molar-refractivity contribution in [1.29, 1.82) is 0 Å². The largest absolute Gasteiger partial charge is 0.481 e. The van der Waals surface area contributed by atoms with Crippen LogP contribution in [0.25, 0.3) is 10.1 Å². The summed E-state index contributed by atoms with van der Waals surface area (Å²) >= 11 is 1.45. The first-order chi connectivity index (χ1) is 7.59. The van der Waals surface area contributed by atoms with E-state index in [2.05, 4.69) is 4.37 Å². The topological polar surface area (TPSA) is 50.2 Å². The average Bonchev–Trinajstić information content (AvgIpc) is 2.62. The van der Waals surface area contributed by atoms with Gasteiger partial charge >= 0.3 is 5.97 Å². The van der Waals surface area contributed by atoms with Crippen LogP contribution < -0.4 is 0 Å². The Bertz CT molecular complexity index is 533. The van der Waals surface area contributed by atoms with Crippen molar-refractivity contribution in [2.24, 2.45) is 5.92 Å². The molecule has 0 saturated heterocycles. The predicted molar refractivity (Wildman–Crippen MR) is 64.9 cm³/mol. The van der Waals surface area contributed by atoms with E-state index < -0.39 is 5.97 Å². The van der Waals surface area contributed by atoms with Crippen LogP contribution in [0.4, 0.5) is 0 Å². The number of benzene rings is 1. The molecule has 1 aromatic carbocycles. The van der Waals surface area contributed by atoms with E-state index in [0.29, 0.717) is 6.42 Å².